The summed E-state index contributed by atoms with van der Waals surface area (Å²) in [5.74, 6) is 1.68. The van der Waals surface area contributed by atoms with E-state index in [9.17, 15) is 0 Å². The van der Waals surface area contributed by atoms with E-state index in [1.165, 1.54) is 5.39 Å². The molecule has 3 aromatic rings. The first-order valence-electron chi connectivity index (χ1n) is 8.74. The molecule has 0 N–H and O–H groups in total. The van der Waals surface area contributed by atoms with Crippen molar-refractivity contribution in [2.75, 3.05) is 45.4 Å². The molecule has 1 saturated heterocycles. The van der Waals surface area contributed by atoms with E-state index in [0.29, 0.717) is 0 Å². The zero-order valence-corrected chi connectivity index (χ0v) is 15.1. The van der Waals surface area contributed by atoms with E-state index in [0.717, 1.165) is 60.1 Å². The maximum absolute atomic E-state index is 5.55. The minimum Gasteiger partial charge on any atom is -0.497 e. The first-order valence-corrected chi connectivity index (χ1v) is 8.74. The first kappa shape index (κ1) is 16.7. The number of nitrogens with zero attached hydrogens (tertiary/aromatic N) is 2. The normalized spacial score (nSPS) is 14.5. The highest BCUT2D eigenvalue weighted by Gasteiger charge is 2.20. The zero-order chi connectivity index (χ0) is 17.9. The van der Waals surface area contributed by atoms with E-state index >= 15 is 0 Å². The third kappa shape index (κ3) is 3.06. The number of pyridine rings is 1. The van der Waals surface area contributed by atoms with Gasteiger partial charge in [-0.1, -0.05) is 0 Å². The fraction of sp³-hybridized carbons (Fsp3) is 0.286. The Kier molecular flexibility index (Phi) is 4.63. The van der Waals surface area contributed by atoms with Crippen LogP contribution in [0.1, 0.15) is 0 Å². The second-order valence-corrected chi connectivity index (χ2v) is 6.24. The van der Waals surface area contributed by atoms with Crippen LogP contribution >= 0.6 is 0 Å². The fourth-order valence-corrected chi connectivity index (χ4v) is 3.38. The number of fused-ring (bicyclic) bond motifs is 1. The molecule has 2 heterocycles. The number of ether oxygens (including phenoxy) is 3. The molecule has 26 heavy (non-hydrogen) atoms. The van der Waals surface area contributed by atoms with Crippen molar-refractivity contribution in [3.63, 3.8) is 0 Å². The number of morpholine rings is 1. The van der Waals surface area contributed by atoms with Gasteiger partial charge in [-0.2, -0.15) is 0 Å². The van der Waals surface area contributed by atoms with Crippen molar-refractivity contribution < 1.29 is 14.2 Å². The number of hydrogen-bond donors (Lipinski definition) is 0. The van der Waals surface area contributed by atoms with Gasteiger partial charge < -0.3 is 19.1 Å². The van der Waals surface area contributed by atoms with Crippen LogP contribution in [0.15, 0.2) is 48.7 Å². The van der Waals surface area contributed by atoms with Crippen LogP contribution in [0.4, 0.5) is 5.69 Å². The van der Waals surface area contributed by atoms with Gasteiger partial charge in [0.05, 0.1) is 38.8 Å². The van der Waals surface area contributed by atoms with Gasteiger partial charge in [-0.15, -0.1) is 0 Å². The molecule has 4 rings (SSSR count). The molecule has 0 unspecified atom stereocenters. The molecule has 0 atom stereocenters. The maximum atomic E-state index is 5.55. The summed E-state index contributed by atoms with van der Waals surface area (Å²) >= 11 is 0. The Bertz CT molecular complexity index is 903. The third-order valence-electron chi connectivity index (χ3n) is 4.76. The number of benzene rings is 2. The van der Waals surface area contributed by atoms with Crippen LogP contribution in [-0.2, 0) is 4.74 Å². The summed E-state index contributed by atoms with van der Waals surface area (Å²) < 4.78 is 16.2. The monoisotopic (exact) mass is 350 g/mol. The van der Waals surface area contributed by atoms with E-state index in [2.05, 4.69) is 23.1 Å². The highest BCUT2D eigenvalue weighted by Crippen LogP contribution is 2.37. The van der Waals surface area contributed by atoms with Crippen LogP contribution in [0.3, 0.4) is 0 Å². The second kappa shape index (κ2) is 7.22. The predicted octanol–water partition coefficient (Wildman–Crippen LogP) is 3.76. The second-order valence-electron chi connectivity index (χ2n) is 6.24. The van der Waals surface area contributed by atoms with E-state index in [4.69, 9.17) is 19.2 Å². The fourth-order valence-electron chi connectivity index (χ4n) is 3.38. The Labute approximate surface area is 153 Å². The molecule has 2 aromatic carbocycles. The largest absolute Gasteiger partial charge is 0.497 e. The zero-order valence-electron chi connectivity index (χ0n) is 15.1. The number of aromatic nitrogens is 1. The van der Waals surface area contributed by atoms with Gasteiger partial charge in [0.2, 0.25) is 0 Å². The molecule has 0 radical (unpaired) electrons. The van der Waals surface area contributed by atoms with Gasteiger partial charge in [0.1, 0.15) is 11.5 Å². The summed E-state index contributed by atoms with van der Waals surface area (Å²) in [5, 5.41) is 2.25. The highest BCUT2D eigenvalue weighted by molar-refractivity contribution is 6.00. The Morgan fingerprint density at radius 3 is 2.31 bits per heavy atom. The van der Waals surface area contributed by atoms with E-state index < -0.39 is 0 Å². The molecule has 5 nitrogen and oxygen atoms in total. The van der Waals surface area contributed by atoms with Crippen LogP contribution in [-0.4, -0.2) is 45.5 Å². The van der Waals surface area contributed by atoms with Gasteiger partial charge in [0.15, 0.2) is 0 Å². The molecule has 1 aromatic heterocycles. The summed E-state index contributed by atoms with van der Waals surface area (Å²) in [5.41, 5.74) is 3.20. The van der Waals surface area contributed by atoms with Gasteiger partial charge in [0.25, 0.3) is 0 Å². The highest BCUT2D eigenvalue weighted by atomic mass is 16.5. The van der Waals surface area contributed by atoms with Crippen molar-refractivity contribution in [3.05, 3.63) is 48.7 Å². The van der Waals surface area contributed by atoms with Gasteiger partial charge in [-0.25, -0.2) is 0 Å². The van der Waals surface area contributed by atoms with Crippen LogP contribution in [0.2, 0.25) is 0 Å². The summed E-state index contributed by atoms with van der Waals surface area (Å²) in [4.78, 5) is 7.17. The summed E-state index contributed by atoms with van der Waals surface area (Å²) in [6, 6.07) is 14.2. The van der Waals surface area contributed by atoms with Gasteiger partial charge in [-0.3, -0.25) is 4.98 Å². The van der Waals surface area contributed by atoms with Crippen LogP contribution in [0.5, 0.6) is 11.5 Å². The molecule has 0 spiro atoms. The lowest BCUT2D eigenvalue weighted by Gasteiger charge is -2.31. The average Bonchev–Trinajstić information content (AvgIpc) is 2.73. The molecule has 134 valence electrons. The van der Waals surface area contributed by atoms with Crippen molar-refractivity contribution in [3.8, 4) is 22.8 Å². The number of rotatable bonds is 4. The van der Waals surface area contributed by atoms with Crippen molar-refractivity contribution in [1.29, 1.82) is 0 Å². The summed E-state index contributed by atoms with van der Waals surface area (Å²) in [7, 11) is 3.36. The summed E-state index contributed by atoms with van der Waals surface area (Å²) in [6.07, 6.45) is 1.92. The van der Waals surface area contributed by atoms with Crippen molar-refractivity contribution in [2.45, 2.75) is 0 Å². The quantitative estimate of drug-likeness (QED) is 0.717. The third-order valence-corrected chi connectivity index (χ3v) is 4.76. The van der Waals surface area contributed by atoms with E-state index in [1.54, 1.807) is 14.2 Å². The molecule has 1 aliphatic heterocycles. The van der Waals surface area contributed by atoms with Gasteiger partial charge in [-0.05, 0) is 42.5 Å². The van der Waals surface area contributed by atoms with Crippen LogP contribution in [0.25, 0.3) is 22.0 Å². The van der Waals surface area contributed by atoms with Crippen LogP contribution < -0.4 is 14.4 Å². The lowest BCUT2D eigenvalue weighted by molar-refractivity contribution is 0.123. The number of hydrogen-bond acceptors (Lipinski definition) is 5. The Morgan fingerprint density at radius 2 is 1.62 bits per heavy atom. The molecular formula is C21H22N2O3. The number of methoxy groups -OCH3 is 2. The van der Waals surface area contributed by atoms with Crippen molar-refractivity contribution in [1.82, 2.24) is 4.98 Å². The molecule has 5 heteroatoms. The smallest absolute Gasteiger partial charge is 0.119 e. The average molecular weight is 350 g/mol. The number of anilines is 1. The maximum Gasteiger partial charge on any atom is 0.119 e. The van der Waals surface area contributed by atoms with Crippen molar-refractivity contribution >= 4 is 16.5 Å². The Morgan fingerprint density at radius 1 is 0.923 bits per heavy atom. The van der Waals surface area contributed by atoms with Crippen molar-refractivity contribution in [2.24, 2.45) is 0 Å². The molecule has 1 fully saturated rings. The Balaban J connectivity index is 1.89. The Hall–Kier alpha value is -2.79. The topological polar surface area (TPSA) is 43.8 Å². The lowest BCUT2D eigenvalue weighted by atomic mass is 10.0. The first-order chi connectivity index (χ1) is 12.8. The minimum atomic E-state index is 0.731. The lowest BCUT2D eigenvalue weighted by Crippen LogP contribution is -2.36. The molecule has 0 amide bonds. The SMILES string of the molecule is COc1ccc(-c2ncc3cc(OC)ccc3c2N2CCOCC2)cc1. The molecule has 0 bridgehead atoms. The van der Waals surface area contributed by atoms with Gasteiger partial charge in [0, 0.05) is 35.6 Å². The van der Waals surface area contributed by atoms with Crippen LogP contribution in [0, 0.1) is 0 Å². The van der Waals surface area contributed by atoms with E-state index in [-0.39, 0.29) is 0 Å². The molecule has 0 aliphatic carbocycles. The predicted molar refractivity (Wildman–Crippen MR) is 103 cm³/mol. The standard InChI is InChI=1S/C21H22N2O3/c1-24-17-5-3-15(4-6-17)20-21(23-9-11-26-12-10-23)19-8-7-18(25-2)13-16(19)14-22-20/h3-8,13-14H,9-12H2,1-2H3. The molecule has 0 saturated carbocycles. The summed E-state index contributed by atoms with van der Waals surface area (Å²) in [6.45, 7) is 3.18. The minimum absolute atomic E-state index is 0.731. The van der Waals surface area contributed by atoms with E-state index in [1.807, 2.05) is 30.5 Å². The molecule has 1 aliphatic rings. The molecular weight excluding hydrogens is 328 g/mol. The van der Waals surface area contributed by atoms with Gasteiger partial charge >= 0.3 is 0 Å².